The van der Waals surface area contributed by atoms with Crippen LogP contribution in [0.2, 0.25) is 0 Å². The summed E-state index contributed by atoms with van der Waals surface area (Å²) < 4.78 is 6.93. The number of hydrogen-bond acceptors (Lipinski definition) is 6. The van der Waals surface area contributed by atoms with Crippen LogP contribution >= 0.6 is 0 Å². The van der Waals surface area contributed by atoms with Gasteiger partial charge in [0, 0.05) is 25.7 Å². The summed E-state index contributed by atoms with van der Waals surface area (Å²) in [6.07, 6.45) is 3.35. The van der Waals surface area contributed by atoms with Gasteiger partial charge in [0.2, 0.25) is 5.91 Å². The minimum atomic E-state index is 0.0144. The average Bonchev–Trinajstić information content (AvgIpc) is 3.27. The lowest BCUT2D eigenvalue weighted by atomic mass is 10.1. The van der Waals surface area contributed by atoms with Crippen LogP contribution in [-0.4, -0.2) is 58.1 Å². The molecule has 4 rings (SSSR count). The van der Waals surface area contributed by atoms with Gasteiger partial charge in [0.25, 0.3) is 0 Å². The smallest absolute Gasteiger partial charge is 0.225 e. The normalized spacial score (nSPS) is 25.0. The topological polar surface area (TPSA) is 84.7 Å². The Labute approximate surface area is 127 Å². The third-order valence-electron chi connectivity index (χ3n) is 4.31. The number of aromatic nitrogens is 4. The third-order valence-corrected chi connectivity index (χ3v) is 4.31. The number of rotatable bonds is 3. The van der Waals surface area contributed by atoms with E-state index < -0.39 is 0 Å². The fraction of sp³-hybridized carbons (Fsp3) is 0.571. The number of hydrogen-bond donors (Lipinski definition) is 1. The second kappa shape index (κ2) is 5.53. The summed E-state index contributed by atoms with van der Waals surface area (Å²) in [7, 11) is 0. The van der Waals surface area contributed by atoms with Crippen molar-refractivity contribution in [3.05, 3.63) is 18.5 Å². The number of nitrogens with zero attached hydrogens (tertiary/aromatic N) is 5. The molecule has 0 bridgehead atoms. The molecule has 2 atom stereocenters. The molecule has 2 aromatic heterocycles. The molecule has 22 heavy (non-hydrogen) atoms. The summed E-state index contributed by atoms with van der Waals surface area (Å²) in [5.41, 5.74) is 0.731. The molecule has 1 N–H and O–H groups in total. The van der Waals surface area contributed by atoms with Crippen molar-refractivity contribution < 1.29 is 9.53 Å². The maximum atomic E-state index is 12.1. The summed E-state index contributed by atoms with van der Waals surface area (Å²) >= 11 is 0. The van der Waals surface area contributed by atoms with E-state index in [4.69, 9.17) is 4.74 Å². The van der Waals surface area contributed by atoms with Crippen LogP contribution in [0.5, 0.6) is 0 Å². The third kappa shape index (κ3) is 2.50. The quantitative estimate of drug-likeness (QED) is 0.849. The molecule has 0 unspecified atom stereocenters. The molecule has 2 aliphatic heterocycles. The number of carbonyl (C=O) groups excluding carboxylic acids is 1. The van der Waals surface area contributed by atoms with E-state index in [2.05, 4.69) is 25.5 Å². The molecule has 2 fully saturated rings. The highest BCUT2D eigenvalue weighted by Gasteiger charge is 2.29. The number of nitrogens with one attached hydrogen (secondary N) is 1. The van der Waals surface area contributed by atoms with Crippen molar-refractivity contribution in [3.63, 3.8) is 0 Å². The van der Waals surface area contributed by atoms with E-state index in [1.54, 1.807) is 10.8 Å². The Kier molecular flexibility index (Phi) is 3.38. The summed E-state index contributed by atoms with van der Waals surface area (Å²) in [5.74, 6) is 1.01. The molecular weight excluding hydrogens is 284 g/mol. The van der Waals surface area contributed by atoms with Gasteiger partial charge in [-0.3, -0.25) is 4.79 Å². The molecule has 2 aliphatic rings. The monoisotopic (exact) mass is 302 g/mol. The Morgan fingerprint density at radius 3 is 3.18 bits per heavy atom. The van der Waals surface area contributed by atoms with Gasteiger partial charge in [0.15, 0.2) is 5.65 Å². The number of carbonyl (C=O) groups is 1. The van der Waals surface area contributed by atoms with Gasteiger partial charge >= 0.3 is 0 Å². The number of amides is 1. The average molecular weight is 302 g/mol. The zero-order valence-corrected chi connectivity index (χ0v) is 12.2. The van der Waals surface area contributed by atoms with Gasteiger partial charge in [-0.15, -0.1) is 15.3 Å². The van der Waals surface area contributed by atoms with Crippen molar-refractivity contribution >= 4 is 17.4 Å². The van der Waals surface area contributed by atoms with Gasteiger partial charge in [-0.25, -0.2) is 0 Å². The minimum Gasteiger partial charge on any atom is -0.381 e. The Balaban J connectivity index is 1.40. The molecule has 0 radical (unpaired) electrons. The highest BCUT2D eigenvalue weighted by molar-refractivity contribution is 5.79. The molecule has 116 valence electrons. The molecule has 1 amide bonds. The van der Waals surface area contributed by atoms with Crippen LogP contribution in [0.3, 0.4) is 0 Å². The number of anilines is 1. The molecule has 0 aliphatic carbocycles. The predicted molar refractivity (Wildman–Crippen MR) is 78.5 cm³/mol. The SMILES string of the molecule is O=C(N[C@H]1CCN(c2ccc3nncn3n2)C1)[C@H]1CCOC1. The van der Waals surface area contributed by atoms with Crippen molar-refractivity contribution in [2.75, 3.05) is 31.2 Å². The zero-order chi connectivity index (χ0) is 14.9. The van der Waals surface area contributed by atoms with E-state index in [1.807, 2.05) is 12.1 Å². The Morgan fingerprint density at radius 2 is 2.32 bits per heavy atom. The van der Waals surface area contributed by atoms with Gasteiger partial charge in [-0.2, -0.15) is 4.52 Å². The highest BCUT2D eigenvalue weighted by Crippen LogP contribution is 2.19. The van der Waals surface area contributed by atoms with E-state index in [-0.39, 0.29) is 17.9 Å². The second-order valence-electron chi connectivity index (χ2n) is 5.83. The van der Waals surface area contributed by atoms with Crippen LogP contribution in [0.25, 0.3) is 5.65 Å². The van der Waals surface area contributed by atoms with Crippen molar-refractivity contribution in [2.24, 2.45) is 5.92 Å². The summed E-state index contributed by atoms with van der Waals surface area (Å²) in [6.45, 7) is 2.90. The molecule has 0 saturated carbocycles. The zero-order valence-electron chi connectivity index (χ0n) is 12.2. The van der Waals surface area contributed by atoms with E-state index >= 15 is 0 Å². The largest absolute Gasteiger partial charge is 0.381 e. The van der Waals surface area contributed by atoms with Crippen LogP contribution in [0, 0.1) is 5.92 Å². The molecule has 0 aromatic carbocycles. The highest BCUT2D eigenvalue weighted by atomic mass is 16.5. The Morgan fingerprint density at radius 1 is 1.36 bits per heavy atom. The van der Waals surface area contributed by atoms with Gasteiger partial charge in [-0.1, -0.05) is 0 Å². The maximum Gasteiger partial charge on any atom is 0.225 e. The Bertz CT molecular complexity index is 681. The van der Waals surface area contributed by atoms with E-state index in [1.165, 1.54) is 0 Å². The lowest BCUT2D eigenvalue weighted by molar-refractivity contribution is -0.125. The Hall–Kier alpha value is -2.22. The van der Waals surface area contributed by atoms with Crippen molar-refractivity contribution in [1.82, 2.24) is 25.1 Å². The van der Waals surface area contributed by atoms with Crippen LogP contribution in [-0.2, 0) is 9.53 Å². The first-order valence-electron chi connectivity index (χ1n) is 7.60. The van der Waals surface area contributed by atoms with Crippen LogP contribution in [0.4, 0.5) is 5.82 Å². The van der Waals surface area contributed by atoms with Crippen LogP contribution in [0.15, 0.2) is 18.5 Å². The van der Waals surface area contributed by atoms with Gasteiger partial charge in [0.05, 0.1) is 12.5 Å². The van der Waals surface area contributed by atoms with Crippen LogP contribution in [0.1, 0.15) is 12.8 Å². The van der Waals surface area contributed by atoms with Crippen LogP contribution < -0.4 is 10.2 Å². The van der Waals surface area contributed by atoms with E-state index in [9.17, 15) is 4.79 Å². The fourth-order valence-electron chi connectivity index (χ4n) is 3.03. The molecular formula is C14H18N6O2. The van der Waals surface area contributed by atoms with Crippen molar-refractivity contribution in [1.29, 1.82) is 0 Å². The standard InChI is InChI=1S/C14H18N6O2/c21-14(10-4-6-22-8-10)16-11-3-5-19(7-11)13-2-1-12-17-15-9-20(12)18-13/h1-2,9-11H,3-8H2,(H,16,21)/t10-,11-/m0/s1. The lowest BCUT2D eigenvalue weighted by Gasteiger charge is -2.18. The molecule has 2 saturated heterocycles. The minimum absolute atomic E-state index is 0.0144. The van der Waals surface area contributed by atoms with Gasteiger partial charge in [0.1, 0.15) is 12.1 Å². The lowest BCUT2D eigenvalue weighted by Crippen LogP contribution is -2.40. The summed E-state index contributed by atoms with van der Waals surface area (Å²) in [6, 6.07) is 4.02. The predicted octanol–water partition coefficient (Wildman–Crippen LogP) is -0.144. The molecule has 0 spiro atoms. The maximum absolute atomic E-state index is 12.1. The van der Waals surface area contributed by atoms with Gasteiger partial charge in [-0.05, 0) is 25.0 Å². The number of ether oxygens (including phenoxy) is 1. The molecule has 8 heteroatoms. The van der Waals surface area contributed by atoms with Crippen molar-refractivity contribution in [2.45, 2.75) is 18.9 Å². The second-order valence-corrected chi connectivity index (χ2v) is 5.83. The summed E-state index contributed by atoms with van der Waals surface area (Å²) in [4.78, 5) is 14.3. The number of fused-ring (bicyclic) bond motifs is 1. The summed E-state index contributed by atoms with van der Waals surface area (Å²) in [5, 5.41) is 15.4. The fourth-order valence-corrected chi connectivity index (χ4v) is 3.03. The first-order chi connectivity index (χ1) is 10.8. The molecule has 2 aromatic rings. The van der Waals surface area contributed by atoms with E-state index in [0.29, 0.717) is 13.2 Å². The van der Waals surface area contributed by atoms with Gasteiger partial charge < -0.3 is 15.0 Å². The van der Waals surface area contributed by atoms with E-state index in [0.717, 1.165) is 37.4 Å². The first kappa shape index (κ1) is 13.4. The molecule has 8 nitrogen and oxygen atoms in total. The first-order valence-corrected chi connectivity index (χ1v) is 7.60. The molecule has 4 heterocycles. The van der Waals surface area contributed by atoms with Crippen molar-refractivity contribution in [3.8, 4) is 0 Å².